The Morgan fingerprint density at radius 1 is 0.492 bits per heavy atom. The van der Waals surface area contributed by atoms with Crippen molar-refractivity contribution >= 4 is 21.8 Å². The van der Waals surface area contributed by atoms with E-state index < -0.39 is 0 Å². The molecular weight excluding hydrogens is 719 g/mol. The van der Waals surface area contributed by atoms with Crippen LogP contribution in [0.3, 0.4) is 0 Å². The molecule has 0 aliphatic rings. The molecule has 9 aromatic rings. The minimum absolute atomic E-state index is 0.0373. The van der Waals surface area contributed by atoms with Crippen LogP contribution in [-0.4, -0.2) is 19.6 Å². The number of pyridine rings is 2. The number of rotatable bonds is 6. The van der Waals surface area contributed by atoms with Gasteiger partial charge in [-0.1, -0.05) is 139 Å². The number of hydrogen-bond donors (Lipinski definition) is 1. The zero-order chi connectivity index (χ0) is 41.1. The maximum atomic E-state index is 11.1. The number of nitrogens with zero attached hydrogens (tertiary/aromatic N) is 3. The van der Waals surface area contributed by atoms with Gasteiger partial charge in [0.15, 0.2) is 0 Å². The second-order valence-corrected chi connectivity index (χ2v) is 17.8. The number of phenolic OH excluding ortho intramolecular Hbond substituents is 1. The lowest BCUT2D eigenvalue weighted by Gasteiger charge is -2.26. The summed E-state index contributed by atoms with van der Waals surface area (Å²) in [5.74, 6) is 0.202. The summed E-state index contributed by atoms with van der Waals surface area (Å²) in [5, 5.41) is 13.5. The van der Waals surface area contributed by atoms with Crippen molar-refractivity contribution in [3.05, 3.63) is 181 Å². The molecule has 6 aromatic carbocycles. The highest BCUT2D eigenvalue weighted by molar-refractivity contribution is 6.14. The first kappa shape index (κ1) is 37.8. The molecule has 0 saturated heterocycles. The second-order valence-electron chi connectivity index (χ2n) is 17.8. The zero-order valence-corrected chi connectivity index (χ0v) is 34.9. The average Bonchev–Trinajstić information content (AvgIpc) is 3.57. The lowest BCUT2D eigenvalue weighted by Crippen LogP contribution is -2.16. The van der Waals surface area contributed by atoms with Gasteiger partial charge in [-0.2, -0.15) is 0 Å². The Balaban J connectivity index is 1.20. The maximum absolute atomic E-state index is 11.1. The Hall–Kier alpha value is -6.78. The summed E-state index contributed by atoms with van der Waals surface area (Å²) in [5.41, 5.74) is 16.8. The second kappa shape index (κ2) is 14.6. The molecule has 0 saturated carbocycles. The first-order chi connectivity index (χ1) is 28.3. The van der Waals surface area contributed by atoms with Crippen LogP contribution in [0.15, 0.2) is 164 Å². The van der Waals surface area contributed by atoms with Gasteiger partial charge in [0.2, 0.25) is 0 Å². The van der Waals surface area contributed by atoms with E-state index in [4.69, 9.17) is 9.97 Å². The van der Waals surface area contributed by atoms with E-state index in [1.54, 1.807) is 6.07 Å². The van der Waals surface area contributed by atoms with Crippen molar-refractivity contribution < 1.29 is 5.11 Å². The third-order valence-electron chi connectivity index (χ3n) is 11.6. The van der Waals surface area contributed by atoms with Crippen molar-refractivity contribution in [2.24, 2.45) is 0 Å². The summed E-state index contributed by atoms with van der Waals surface area (Å²) in [6.07, 6.45) is 1.93. The molecule has 9 rings (SSSR count). The molecule has 0 aliphatic carbocycles. The number of phenols is 1. The van der Waals surface area contributed by atoms with Crippen LogP contribution in [0, 0.1) is 6.92 Å². The van der Waals surface area contributed by atoms with E-state index in [2.05, 4.69) is 186 Å². The smallest absolute Gasteiger partial charge is 0.124 e. The van der Waals surface area contributed by atoms with Gasteiger partial charge in [0, 0.05) is 44.9 Å². The van der Waals surface area contributed by atoms with Crippen LogP contribution in [0.2, 0.25) is 0 Å². The van der Waals surface area contributed by atoms with E-state index in [1.165, 1.54) is 44.1 Å². The summed E-state index contributed by atoms with van der Waals surface area (Å²) >= 11 is 0. The molecule has 0 atom stereocenters. The van der Waals surface area contributed by atoms with Gasteiger partial charge >= 0.3 is 0 Å². The molecule has 4 heteroatoms. The standard InChI is InChI=1S/C55H49N3O/c1-35-24-25-45-44-20-11-13-22-50(44)58(43-18-9-8-10-19-43)53(45)52(35)38-26-27-56-47(31-38)36-16-15-17-37(28-36)48-32-40(33-49(57-48)46-21-12-14-23-51(46)59)39-29-41(54(2,3)4)34-42(30-39)55(5,6)7/h8-34,59H,1-7H3. The van der Waals surface area contributed by atoms with Crippen molar-refractivity contribution in [1.82, 2.24) is 14.5 Å². The van der Waals surface area contributed by atoms with E-state index >= 15 is 0 Å². The predicted octanol–water partition coefficient (Wildman–Crippen LogP) is 14.5. The van der Waals surface area contributed by atoms with Crippen LogP contribution in [0.5, 0.6) is 5.75 Å². The third-order valence-corrected chi connectivity index (χ3v) is 11.6. The van der Waals surface area contributed by atoms with Gasteiger partial charge in [0.1, 0.15) is 5.75 Å². The zero-order valence-electron chi connectivity index (χ0n) is 34.9. The largest absolute Gasteiger partial charge is 0.507 e. The lowest BCUT2D eigenvalue weighted by atomic mass is 9.79. The van der Waals surface area contributed by atoms with Gasteiger partial charge in [-0.05, 0) is 112 Å². The van der Waals surface area contributed by atoms with Crippen LogP contribution in [0.4, 0.5) is 0 Å². The van der Waals surface area contributed by atoms with Crippen molar-refractivity contribution in [3.8, 4) is 67.5 Å². The molecule has 0 unspecified atom stereocenters. The quantitative estimate of drug-likeness (QED) is 0.183. The summed E-state index contributed by atoms with van der Waals surface area (Å²) in [7, 11) is 0. The summed E-state index contributed by atoms with van der Waals surface area (Å²) in [6.45, 7) is 15.8. The lowest BCUT2D eigenvalue weighted by molar-refractivity contribution is 0.477. The van der Waals surface area contributed by atoms with Gasteiger partial charge in [0.25, 0.3) is 0 Å². The number of para-hydroxylation sites is 3. The molecule has 0 bridgehead atoms. The molecule has 0 fully saturated rings. The van der Waals surface area contributed by atoms with Crippen molar-refractivity contribution in [2.75, 3.05) is 0 Å². The van der Waals surface area contributed by atoms with Crippen LogP contribution in [-0.2, 0) is 10.8 Å². The molecule has 290 valence electrons. The highest BCUT2D eigenvalue weighted by Gasteiger charge is 2.23. The van der Waals surface area contributed by atoms with E-state index in [-0.39, 0.29) is 16.6 Å². The third kappa shape index (κ3) is 7.10. The highest BCUT2D eigenvalue weighted by Crippen LogP contribution is 2.42. The number of aromatic hydroxyl groups is 1. The van der Waals surface area contributed by atoms with Gasteiger partial charge in [-0.3, -0.25) is 4.98 Å². The maximum Gasteiger partial charge on any atom is 0.124 e. The number of benzene rings is 6. The first-order valence-electron chi connectivity index (χ1n) is 20.5. The van der Waals surface area contributed by atoms with E-state index in [1.807, 2.05) is 24.4 Å². The van der Waals surface area contributed by atoms with Gasteiger partial charge in [-0.15, -0.1) is 0 Å². The fraction of sp³-hybridized carbons (Fsp3) is 0.164. The topological polar surface area (TPSA) is 50.9 Å². The molecule has 3 aromatic heterocycles. The molecular formula is C55H49N3O. The Morgan fingerprint density at radius 3 is 1.85 bits per heavy atom. The van der Waals surface area contributed by atoms with Crippen molar-refractivity contribution in [2.45, 2.75) is 59.3 Å². The van der Waals surface area contributed by atoms with Crippen LogP contribution >= 0.6 is 0 Å². The van der Waals surface area contributed by atoms with Gasteiger partial charge in [-0.25, -0.2) is 4.98 Å². The SMILES string of the molecule is Cc1ccc2c3ccccc3n(-c3ccccc3)c2c1-c1ccnc(-c2cccc(-c3cc(-c4cc(C(C)(C)C)cc(C(C)(C)C)c4)cc(-c4ccccc4O)n3)c2)c1. The highest BCUT2D eigenvalue weighted by atomic mass is 16.3. The minimum atomic E-state index is -0.0373. The Labute approximate surface area is 347 Å². The van der Waals surface area contributed by atoms with Crippen molar-refractivity contribution in [1.29, 1.82) is 0 Å². The molecule has 0 radical (unpaired) electrons. The Bertz CT molecular complexity index is 3000. The summed E-state index contributed by atoms with van der Waals surface area (Å²) in [4.78, 5) is 10.2. The van der Waals surface area contributed by atoms with Crippen molar-refractivity contribution in [3.63, 3.8) is 0 Å². The number of aryl methyl sites for hydroxylation is 1. The van der Waals surface area contributed by atoms with Crippen LogP contribution in [0.1, 0.15) is 58.2 Å². The average molecular weight is 768 g/mol. The normalized spacial score (nSPS) is 12.1. The summed E-state index contributed by atoms with van der Waals surface area (Å²) < 4.78 is 2.40. The molecule has 1 N–H and O–H groups in total. The number of aromatic nitrogens is 3. The molecule has 3 heterocycles. The Morgan fingerprint density at radius 2 is 1.12 bits per heavy atom. The van der Waals surface area contributed by atoms with Crippen LogP contribution < -0.4 is 0 Å². The molecule has 0 aliphatic heterocycles. The van der Waals surface area contributed by atoms with E-state index in [9.17, 15) is 5.11 Å². The first-order valence-corrected chi connectivity index (χ1v) is 20.5. The van der Waals surface area contributed by atoms with Gasteiger partial charge < -0.3 is 9.67 Å². The monoisotopic (exact) mass is 767 g/mol. The molecule has 0 amide bonds. The minimum Gasteiger partial charge on any atom is -0.507 e. The fourth-order valence-electron chi connectivity index (χ4n) is 8.28. The number of fused-ring (bicyclic) bond motifs is 3. The summed E-state index contributed by atoms with van der Waals surface area (Å²) in [6, 6.07) is 55.4. The van der Waals surface area contributed by atoms with E-state index in [0.717, 1.165) is 50.6 Å². The number of hydrogen-bond acceptors (Lipinski definition) is 3. The van der Waals surface area contributed by atoms with Gasteiger partial charge in [0.05, 0.1) is 28.1 Å². The molecule has 4 nitrogen and oxygen atoms in total. The fourth-order valence-corrected chi connectivity index (χ4v) is 8.28. The molecule has 59 heavy (non-hydrogen) atoms. The predicted molar refractivity (Wildman–Crippen MR) is 247 cm³/mol. The molecule has 0 spiro atoms. The van der Waals surface area contributed by atoms with Crippen LogP contribution in [0.25, 0.3) is 83.5 Å². The van der Waals surface area contributed by atoms with E-state index in [0.29, 0.717) is 5.56 Å². The Kier molecular flexibility index (Phi) is 9.32.